The fourth-order valence-electron chi connectivity index (χ4n) is 1.82. The number of hydrogen-bond acceptors (Lipinski definition) is 3. The van der Waals surface area contributed by atoms with Gasteiger partial charge in [0.1, 0.15) is 0 Å². The molecule has 0 aromatic heterocycles. The summed E-state index contributed by atoms with van der Waals surface area (Å²) < 4.78 is 0. The van der Waals surface area contributed by atoms with Crippen LogP contribution in [0, 0.1) is 0 Å². The summed E-state index contributed by atoms with van der Waals surface area (Å²) in [5.74, 6) is 0.206. The Kier molecular flexibility index (Phi) is 5.70. The number of anilines is 1. The third-order valence-corrected chi connectivity index (χ3v) is 3.01. The molecule has 0 radical (unpaired) electrons. The van der Waals surface area contributed by atoms with E-state index in [0.717, 1.165) is 31.6 Å². The summed E-state index contributed by atoms with van der Waals surface area (Å²) in [5, 5.41) is 0. The van der Waals surface area contributed by atoms with E-state index in [1.807, 2.05) is 0 Å². The highest BCUT2D eigenvalue weighted by atomic mass is 16.1. The van der Waals surface area contributed by atoms with Gasteiger partial charge in [0.2, 0.25) is 0 Å². The first-order chi connectivity index (χ1) is 8.17. The predicted octanol–water partition coefficient (Wildman–Crippen LogP) is 2.57. The molecule has 0 amide bonds. The maximum atomic E-state index is 11.9. The quantitative estimate of drug-likeness (QED) is 0.582. The van der Waals surface area contributed by atoms with E-state index in [4.69, 9.17) is 5.73 Å². The van der Waals surface area contributed by atoms with Crippen molar-refractivity contribution in [3.8, 4) is 0 Å². The number of nitrogens with zero attached hydrogens (tertiary/aromatic N) is 1. The van der Waals surface area contributed by atoms with E-state index < -0.39 is 0 Å². The third-order valence-electron chi connectivity index (χ3n) is 3.01. The number of benzene rings is 1. The zero-order valence-electron chi connectivity index (χ0n) is 10.8. The molecule has 0 aliphatic heterocycles. The van der Waals surface area contributed by atoms with Crippen molar-refractivity contribution in [2.45, 2.75) is 26.7 Å². The van der Waals surface area contributed by atoms with Crippen LogP contribution >= 0.6 is 0 Å². The van der Waals surface area contributed by atoms with Crippen LogP contribution in [0.2, 0.25) is 0 Å². The molecule has 2 N–H and O–H groups in total. The van der Waals surface area contributed by atoms with Crippen LogP contribution in [0.1, 0.15) is 37.0 Å². The van der Waals surface area contributed by atoms with Gasteiger partial charge in [-0.05, 0) is 50.3 Å². The molecule has 0 heterocycles. The number of nitrogens with two attached hydrogens (primary N) is 1. The number of nitrogen functional groups attached to an aromatic ring is 1. The Morgan fingerprint density at radius 3 is 2.29 bits per heavy atom. The number of carbonyl (C=O) groups is 1. The minimum atomic E-state index is 0.206. The van der Waals surface area contributed by atoms with Crippen LogP contribution in [0.25, 0.3) is 0 Å². The Bertz CT molecular complexity index is 342. The van der Waals surface area contributed by atoms with Crippen molar-refractivity contribution < 1.29 is 4.79 Å². The van der Waals surface area contributed by atoms with Crippen molar-refractivity contribution in [2.24, 2.45) is 0 Å². The molecule has 0 aliphatic carbocycles. The molecule has 0 saturated carbocycles. The van der Waals surface area contributed by atoms with E-state index in [9.17, 15) is 4.79 Å². The fourth-order valence-corrected chi connectivity index (χ4v) is 1.82. The Labute approximate surface area is 104 Å². The zero-order chi connectivity index (χ0) is 12.7. The van der Waals surface area contributed by atoms with Crippen LogP contribution in [0.15, 0.2) is 24.3 Å². The van der Waals surface area contributed by atoms with Crippen molar-refractivity contribution in [2.75, 3.05) is 25.4 Å². The van der Waals surface area contributed by atoms with Gasteiger partial charge in [0, 0.05) is 17.7 Å². The van der Waals surface area contributed by atoms with Gasteiger partial charge in [0.05, 0.1) is 0 Å². The van der Waals surface area contributed by atoms with Crippen LogP contribution in [0.3, 0.4) is 0 Å². The maximum absolute atomic E-state index is 11.9. The summed E-state index contributed by atoms with van der Waals surface area (Å²) in [6, 6.07) is 7.15. The Balaban J connectivity index is 2.37. The van der Waals surface area contributed by atoms with Gasteiger partial charge < -0.3 is 10.6 Å². The number of hydrogen-bond donors (Lipinski definition) is 1. The van der Waals surface area contributed by atoms with Gasteiger partial charge in [0.25, 0.3) is 0 Å². The largest absolute Gasteiger partial charge is 0.399 e. The average molecular weight is 234 g/mol. The van der Waals surface area contributed by atoms with Crippen LogP contribution in [-0.2, 0) is 0 Å². The lowest BCUT2D eigenvalue weighted by Crippen LogP contribution is -2.24. The molecule has 0 fully saturated rings. The van der Waals surface area contributed by atoms with Crippen LogP contribution in [0.4, 0.5) is 5.69 Å². The highest BCUT2D eigenvalue weighted by Gasteiger charge is 2.06. The van der Waals surface area contributed by atoms with E-state index >= 15 is 0 Å². The van der Waals surface area contributed by atoms with Gasteiger partial charge in [-0.25, -0.2) is 0 Å². The van der Waals surface area contributed by atoms with E-state index in [1.165, 1.54) is 0 Å². The number of rotatable bonds is 7. The zero-order valence-corrected chi connectivity index (χ0v) is 10.8. The third kappa shape index (κ3) is 4.57. The molecule has 1 aromatic rings. The van der Waals surface area contributed by atoms with Crippen molar-refractivity contribution in [1.82, 2.24) is 4.90 Å². The number of ketones is 1. The molecular weight excluding hydrogens is 212 g/mol. The van der Waals surface area contributed by atoms with E-state index in [-0.39, 0.29) is 5.78 Å². The molecule has 1 rings (SSSR count). The summed E-state index contributed by atoms with van der Waals surface area (Å²) in [5.41, 5.74) is 7.05. The number of Topliss-reactive ketones (excluding diaryl/α,β-unsaturated/α-hetero) is 1. The van der Waals surface area contributed by atoms with E-state index in [2.05, 4.69) is 18.7 Å². The first kappa shape index (κ1) is 13.7. The topological polar surface area (TPSA) is 46.3 Å². The fraction of sp³-hybridized carbons (Fsp3) is 0.500. The van der Waals surface area contributed by atoms with Crippen molar-refractivity contribution in [3.05, 3.63) is 29.8 Å². The van der Waals surface area contributed by atoms with Gasteiger partial charge in [-0.3, -0.25) is 4.79 Å². The molecule has 0 saturated heterocycles. The van der Waals surface area contributed by atoms with Crippen molar-refractivity contribution in [1.29, 1.82) is 0 Å². The first-order valence-corrected chi connectivity index (χ1v) is 6.28. The lowest BCUT2D eigenvalue weighted by Gasteiger charge is -2.17. The minimum Gasteiger partial charge on any atom is -0.399 e. The second-order valence-corrected chi connectivity index (χ2v) is 4.18. The van der Waals surface area contributed by atoms with Crippen LogP contribution in [-0.4, -0.2) is 30.3 Å². The maximum Gasteiger partial charge on any atom is 0.162 e. The normalized spacial score (nSPS) is 10.8. The molecule has 1 aromatic carbocycles. The van der Waals surface area contributed by atoms with Crippen LogP contribution in [0.5, 0.6) is 0 Å². The summed E-state index contributed by atoms with van der Waals surface area (Å²) in [4.78, 5) is 14.2. The van der Waals surface area contributed by atoms with E-state index in [1.54, 1.807) is 24.3 Å². The molecule has 0 unspecified atom stereocenters. The molecular formula is C14H22N2O. The second kappa shape index (κ2) is 7.07. The summed E-state index contributed by atoms with van der Waals surface area (Å²) in [6.07, 6.45) is 1.53. The molecule has 17 heavy (non-hydrogen) atoms. The SMILES string of the molecule is CCN(CC)CCCC(=O)c1ccc(N)cc1. The lowest BCUT2D eigenvalue weighted by atomic mass is 10.1. The molecule has 0 atom stereocenters. The highest BCUT2D eigenvalue weighted by molar-refractivity contribution is 5.96. The Morgan fingerprint density at radius 2 is 1.76 bits per heavy atom. The predicted molar refractivity (Wildman–Crippen MR) is 72.2 cm³/mol. The molecule has 3 heteroatoms. The lowest BCUT2D eigenvalue weighted by molar-refractivity contribution is 0.0975. The molecule has 0 aliphatic rings. The summed E-state index contributed by atoms with van der Waals surface area (Å²) in [6.45, 7) is 7.38. The van der Waals surface area contributed by atoms with Gasteiger partial charge in [0.15, 0.2) is 5.78 Å². The summed E-state index contributed by atoms with van der Waals surface area (Å²) in [7, 11) is 0. The second-order valence-electron chi connectivity index (χ2n) is 4.18. The van der Waals surface area contributed by atoms with Gasteiger partial charge in [-0.1, -0.05) is 13.8 Å². The van der Waals surface area contributed by atoms with Crippen LogP contribution < -0.4 is 5.73 Å². The molecule has 3 nitrogen and oxygen atoms in total. The summed E-state index contributed by atoms with van der Waals surface area (Å²) >= 11 is 0. The first-order valence-electron chi connectivity index (χ1n) is 6.28. The average Bonchev–Trinajstić information content (AvgIpc) is 2.35. The Hall–Kier alpha value is -1.35. The van der Waals surface area contributed by atoms with Crippen molar-refractivity contribution in [3.63, 3.8) is 0 Å². The minimum absolute atomic E-state index is 0.206. The monoisotopic (exact) mass is 234 g/mol. The standard InChI is InChI=1S/C14H22N2O/c1-3-16(4-2)11-5-6-14(17)12-7-9-13(15)10-8-12/h7-10H,3-6,11,15H2,1-2H3. The highest BCUT2D eigenvalue weighted by Crippen LogP contribution is 2.09. The van der Waals surface area contributed by atoms with Gasteiger partial charge in [-0.15, -0.1) is 0 Å². The van der Waals surface area contributed by atoms with Gasteiger partial charge >= 0.3 is 0 Å². The molecule has 0 bridgehead atoms. The van der Waals surface area contributed by atoms with Gasteiger partial charge in [-0.2, -0.15) is 0 Å². The number of carbonyl (C=O) groups excluding carboxylic acids is 1. The molecule has 94 valence electrons. The molecule has 0 spiro atoms. The van der Waals surface area contributed by atoms with E-state index in [0.29, 0.717) is 12.1 Å². The van der Waals surface area contributed by atoms with Crippen molar-refractivity contribution >= 4 is 11.5 Å². The Morgan fingerprint density at radius 1 is 1.18 bits per heavy atom. The smallest absolute Gasteiger partial charge is 0.162 e.